The first-order chi connectivity index (χ1) is 29.3. The first-order valence-corrected chi connectivity index (χ1v) is 22.2. The zero-order valence-corrected chi connectivity index (χ0v) is 33.1. The van der Waals surface area contributed by atoms with Gasteiger partial charge in [0, 0.05) is 35.7 Å². The summed E-state index contributed by atoms with van der Waals surface area (Å²) in [4.78, 5) is 16.7. The number of fused-ring (bicyclic) bond motifs is 7. The number of hydrogen-bond acceptors (Lipinski definition) is 5. The molecule has 0 unspecified atom stereocenters. The maximum absolute atomic E-state index is 4.76. The van der Waals surface area contributed by atoms with Crippen LogP contribution in [-0.4, -0.2) is 24.8 Å². The Hall–Kier alpha value is -7.48. The van der Waals surface area contributed by atoms with Gasteiger partial charge in [0.25, 0.3) is 0 Å². The van der Waals surface area contributed by atoms with Gasteiger partial charge in [0.05, 0.1) is 40.3 Å². The molecule has 276 valence electrons. The normalized spacial score (nSPS) is 14.1. The molecule has 0 aliphatic carbocycles. The number of rotatable bonds is 5. The highest BCUT2D eigenvalue weighted by atomic mass is 28.3. The van der Waals surface area contributed by atoms with Gasteiger partial charge in [-0.05, 0) is 92.3 Å². The standard InChI is InChI=1S/C52H36BN5Si/c1-4-17-37(18-5-1)57-46-28-14-13-27-45(46)56(38-30-33-54-34-31-38)47-35-49-50-52(51(47)57)58(39-19-16-32-55-36-39)44-26-12-10-24-42(44)53(50)43-25-11-15-29-48(43)59(49,40-20-6-2-7-21-40)41-22-8-3-9-23-41/h1-36H. The minimum atomic E-state index is -3.07. The summed E-state index contributed by atoms with van der Waals surface area (Å²) in [6.07, 6.45) is 7.69. The molecule has 3 aliphatic heterocycles. The average molecular weight is 770 g/mol. The van der Waals surface area contributed by atoms with E-state index in [-0.39, 0.29) is 6.71 Å². The van der Waals surface area contributed by atoms with E-state index in [1.165, 1.54) is 42.8 Å². The van der Waals surface area contributed by atoms with Crippen LogP contribution in [0.3, 0.4) is 0 Å². The molecule has 0 radical (unpaired) electrons. The van der Waals surface area contributed by atoms with Crippen LogP contribution >= 0.6 is 0 Å². The number of hydrogen-bond donors (Lipinski definition) is 0. The first kappa shape index (κ1) is 33.6. The van der Waals surface area contributed by atoms with E-state index in [1.807, 2.05) is 24.8 Å². The summed E-state index contributed by atoms with van der Waals surface area (Å²) in [6, 6.07) is 71.9. The van der Waals surface area contributed by atoms with Gasteiger partial charge in [0.15, 0.2) is 8.07 Å². The number of nitrogens with zero attached hydrogens (tertiary/aromatic N) is 5. The second-order valence-corrected chi connectivity index (χ2v) is 19.1. The maximum atomic E-state index is 4.76. The largest absolute Gasteiger partial charge is 0.308 e. The molecule has 12 rings (SSSR count). The number of benzene rings is 7. The fourth-order valence-electron chi connectivity index (χ4n) is 10.3. The van der Waals surface area contributed by atoms with Gasteiger partial charge in [-0.15, -0.1) is 0 Å². The van der Waals surface area contributed by atoms with Gasteiger partial charge in [-0.2, -0.15) is 0 Å². The van der Waals surface area contributed by atoms with Crippen molar-refractivity contribution >= 4 is 103 Å². The quantitative estimate of drug-likeness (QED) is 0.168. The maximum Gasteiger partial charge on any atom is 0.246 e. The van der Waals surface area contributed by atoms with Gasteiger partial charge >= 0.3 is 0 Å². The van der Waals surface area contributed by atoms with Gasteiger partial charge in [0.2, 0.25) is 6.71 Å². The van der Waals surface area contributed by atoms with E-state index < -0.39 is 8.07 Å². The molecule has 0 atom stereocenters. The van der Waals surface area contributed by atoms with Crippen LogP contribution in [0.25, 0.3) is 0 Å². The van der Waals surface area contributed by atoms with Crippen molar-refractivity contribution in [3.63, 3.8) is 0 Å². The van der Waals surface area contributed by atoms with Crippen LogP contribution < -0.4 is 51.8 Å². The lowest BCUT2D eigenvalue weighted by molar-refractivity contribution is 1.15. The number of pyridine rings is 2. The van der Waals surface area contributed by atoms with Gasteiger partial charge < -0.3 is 14.7 Å². The van der Waals surface area contributed by atoms with Crippen molar-refractivity contribution in [3.05, 3.63) is 219 Å². The predicted molar refractivity (Wildman–Crippen MR) is 248 cm³/mol. The fraction of sp³-hybridized carbons (Fsp3) is 0. The van der Waals surface area contributed by atoms with E-state index in [2.05, 4.69) is 214 Å². The van der Waals surface area contributed by atoms with Crippen LogP contribution in [0, 0.1) is 0 Å². The minimum absolute atomic E-state index is 0.0251. The third kappa shape index (κ3) is 4.79. The molecule has 0 N–H and O–H groups in total. The summed E-state index contributed by atoms with van der Waals surface area (Å²) in [5.74, 6) is 0. The van der Waals surface area contributed by atoms with E-state index in [0.29, 0.717) is 0 Å². The highest BCUT2D eigenvalue weighted by Gasteiger charge is 2.55. The van der Waals surface area contributed by atoms with E-state index in [4.69, 9.17) is 4.98 Å². The van der Waals surface area contributed by atoms with Crippen molar-refractivity contribution in [2.45, 2.75) is 0 Å². The second-order valence-electron chi connectivity index (χ2n) is 15.4. The zero-order chi connectivity index (χ0) is 38.9. The topological polar surface area (TPSA) is 35.5 Å². The fourth-order valence-corrected chi connectivity index (χ4v) is 15.6. The Morgan fingerprint density at radius 3 is 1.59 bits per heavy atom. The molecule has 5 nitrogen and oxygen atoms in total. The lowest BCUT2D eigenvalue weighted by atomic mass is 9.34. The highest BCUT2D eigenvalue weighted by molar-refractivity contribution is 7.26. The third-order valence-corrected chi connectivity index (χ3v) is 17.3. The molecule has 0 saturated heterocycles. The minimum Gasteiger partial charge on any atom is -0.308 e. The molecule has 2 aromatic heterocycles. The Kier molecular flexibility index (Phi) is 7.58. The zero-order valence-electron chi connectivity index (χ0n) is 32.1. The molecule has 9 aromatic rings. The first-order valence-electron chi connectivity index (χ1n) is 20.2. The Bertz CT molecular complexity index is 2980. The molecular weight excluding hydrogens is 734 g/mol. The van der Waals surface area contributed by atoms with Crippen molar-refractivity contribution in [2.24, 2.45) is 0 Å². The Balaban J connectivity index is 1.35. The second kappa shape index (κ2) is 13.3. The van der Waals surface area contributed by atoms with E-state index in [9.17, 15) is 0 Å². The van der Waals surface area contributed by atoms with Crippen LogP contribution in [0.15, 0.2) is 219 Å². The van der Waals surface area contributed by atoms with Crippen molar-refractivity contribution in [3.8, 4) is 0 Å². The Morgan fingerprint density at radius 1 is 0.373 bits per heavy atom. The monoisotopic (exact) mass is 769 g/mol. The molecule has 3 aliphatic rings. The van der Waals surface area contributed by atoms with Crippen molar-refractivity contribution in [2.75, 3.05) is 14.7 Å². The Morgan fingerprint density at radius 2 is 0.915 bits per heavy atom. The Labute approximate surface area is 345 Å². The summed E-state index contributed by atoms with van der Waals surface area (Å²) >= 11 is 0. The number of aromatic nitrogens is 2. The van der Waals surface area contributed by atoms with Crippen LogP contribution in [0.4, 0.5) is 51.2 Å². The van der Waals surface area contributed by atoms with Gasteiger partial charge in [0.1, 0.15) is 0 Å². The van der Waals surface area contributed by atoms with Crippen molar-refractivity contribution in [1.82, 2.24) is 9.97 Å². The molecule has 5 heterocycles. The molecule has 0 fully saturated rings. The molecule has 59 heavy (non-hydrogen) atoms. The van der Waals surface area contributed by atoms with Crippen LogP contribution in [0.2, 0.25) is 0 Å². The lowest BCUT2D eigenvalue weighted by Crippen LogP contribution is -2.87. The summed E-state index contributed by atoms with van der Waals surface area (Å²) in [6.45, 7) is -0.0251. The molecule has 7 aromatic carbocycles. The highest BCUT2D eigenvalue weighted by Crippen LogP contribution is 2.58. The van der Waals surface area contributed by atoms with E-state index in [1.54, 1.807) is 0 Å². The van der Waals surface area contributed by atoms with E-state index >= 15 is 0 Å². The van der Waals surface area contributed by atoms with Crippen molar-refractivity contribution in [1.29, 1.82) is 0 Å². The van der Waals surface area contributed by atoms with E-state index in [0.717, 1.165) is 45.5 Å². The SMILES string of the molecule is c1ccc(N2c3ccccc3N(c3ccncc3)c3cc4c5c(c32)N(c2cccnc2)c2ccccc2B5c2ccccc2[Si]4(c2ccccc2)c2ccccc2)cc1. The average Bonchev–Trinajstić information content (AvgIpc) is 3.32. The number of anilines is 9. The summed E-state index contributed by atoms with van der Waals surface area (Å²) in [5, 5.41) is 5.54. The molecular formula is C52H36BN5Si. The van der Waals surface area contributed by atoms with Crippen molar-refractivity contribution < 1.29 is 0 Å². The summed E-state index contributed by atoms with van der Waals surface area (Å²) in [7, 11) is -3.07. The summed E-state index contributed by atoms with van der Waals surface area (Å²) < 4.78 is 0. The van der Waals surface area contributed by atoms with Gasteiger partial charge in [-0.3, -0.25) is 9.97 Å². The van der Waals surface area contributed by atoms with Gasteiger partial charge in [-0.1, -0.05) is 139 Å². The molecule has 7 heteroatoms. The van der Waals surface area contributed by atoms with Crippen LogP contribution in [0.5, 0.6) is 0 Å². The lowest BCUT2D eigenvalue weighted by Gasteiger charge is -2.51. The smallest absolute Gasteiger partial charge is 0.246 e. The van der Waals surface area contributed by atoms with Crippen LogP contribution in [-0.2, 0) is 0 Å². The predicted octanol–water partition coefficient (Wildman–Crippen LogP) is 7.72. The molecule has 0 bridgehead atoms. The number of para-hydroxylation sites is 4. The van der Waals surface area contributed by atoms with Gasteiger partial charge in [-0.25, -0.2) is 0 Å². The molecule has 0 saturated carbocycles. The molecule has 0 spiro atoms. The summed E-state index contributed by atoms with van der Waals surface area (Å²) in [5.41, 5.74) is 13.9. The van der Waals surface area contributed by atoms with Crippen LogP contribution in [0.1, 0.15) is 0 Å². The molecule has 0 amide bonds. The third-order valence-electron chi connectivity index (χ3n) is 12.5.